The monoisotopic (exact) mass is 463 g/mol. The molecular formula is C26H26ClN3OS. The molecule has 0 radical (unpaired) electrons. The number of thiazole rings is 1. The summed E-state index contributed by atoms with van der Waals surface area (Å²) in [5.41, 5.74) is 2.81. The van der Waals surface area contributed by atoms with Crippen LogP contribution in [0.2, 0.25) is 5.02 Å². The van der Waals surface area contributed by atoms with E-state index in [0.29, 0.717) is 16.7 Å². The van der Waals surface area contributed by atoms with Crippen LogP contribution in [0, 0.1) is 0 Å². The van der Waals surface area contributed by atoms with Crippen molar-refractivity contribution in [3.63, 3.8) is 0 Å². The van der Waals surface area contributed by atoms with Gasteiger partial charge in [0.25, 0.3) is 0 Å². The van der Waals surface area contributed by atoms with Crippen LogP contribution in [0.5, 0.6) is 0 Å². The zero-order chi connectivity index (χ0) is 22.5. The molecule has 0 aliphatic heterocycles. The topological polar surface area (TPSA) is 36.4 Å². The predicted octanol–water partition coefficient (Wildman–Crippen LogP) is 6.07. The Kier molecular flexibility index (Phi) is 7.20. The maximum atomic E-state index is 14.1. The number of anilines is 1. The molecule has 0 saturated heterocycles. The second-order valence-electron chi connectivity index (χ2n) is 8.01. The van der Waals surface area contributed by atoms with Crippen LogP contribution < -0.4 is 4.90 Å². The van der Waals surface area contributed by atoms with Crippen LogP contribution in [0.1, 0.15) is 23.5 Å². The second-order valence-corrected chi connectivity index (χ2v) is 9.46. The lowest BCUT2D eigenvalue weighted by molar-refractivity contribution is -0.119. The normalized spacial score (nSPS) is 11.4. The van der Waals surface area contributed by atoms with Crippen LogP contribution in [0.4, 0.5) is 5.13 Å². The molecule has 6 heteroatoms. The van der Waals surface area contributed by atoms with Gasteiger partial charge < -0.3 is 4.90 Å². The quantitative estimate of drug-likeness (QED) is 0.318. The van der Waals surface area contributed by atoms with Crippen LogP contribution in [0.25, 0.3) is 10.2 Å². The van der Waals surface area contributed by atoms with Crippen molar-refractivity contribution in [1.29, 1.82) is 0 Å². The Morgan fingerprint density at radius 1 is 0.938 bits per heavy atom. The van der Waals surface area contributed by atoms with Gasteiger partial charge in [-0.25, -0.2) is 4.98 Å². The first-order valence-electron chi connectivity index (χ1n) is 10.6. The van der Waals surface area contributed by atoms with Crippen molar-refractivity contribution in [3.05, 3.63) is 95.0 Å². The Hall–Kier alpha value is -2.73. The highest BCUT2D eigenvalue weighted by Crippen LogP contribution is 2.34. The predicted molar refractivity (Wildman–Crippen MR) is 135 cm³/mol. The first-order chi connectivity index (χ1) is 15.5. The molecule has 4 nitrogen and oxygen atoms in total. The van der Waals surface area contributed by atoms with Crippen LogP contribution >= 0.6 is 22.9 Å². The lowest BCUT2D eigenvalue weighted by Crippen LogP contribution is -2.37. The van der Waals surface area contributed by atoms with Crippen molar-refractivity contribution in [1.82, 2.24) is 9.88 Å². The summed E-state index contributed by atoms with van der Waals surface area (Å²) in [6, 6.07) is 25.6. The van der Waals surface area contributed by atoms with E-state index in [2.05, 4.69) is 4.90 Å². The molecule has 0 spiro atoms. The number of fused-ring (bicyclic) bond motifs is 1. The zero-order valence-electron chi connectivity index (χ0n) is 18.2. The van der Waals surface area contributed by atoms with E-state index in [1.165, 1.54) is 11.3 Å². The molecule has 1 heterocycles. The van der Waals surface area contributed by atoms with E-state index in [9.17, 15) is 4.79 Å². The van der Waals surface area contributed by atoms with Crippen molar-refractivity contribution in [2.24, 2.45) is 0 Å². The van der Waals surface area contributed by atoms with Gasteiger partial charge >= 0.3 is 0 Å². The number of carbonyl (C=O) groups is 1. The van der Waals surface area contributed by atoms with Gasteiger partial charge in [-0.2, -0.15) is 0 Å². The van der Waals surface area contributed by atoms with Gasteiger partial charge in [-0.15, -0.1) is 0 Å². The van der Waals surface area contributed by atoms with Gasteiger partial charge in [0.15, 0.2) is 5.13 Å². The number of nitrogens with zero attached hydrogens (tertiary/aromatic N) is 3. The summed E-state index contributed by atoms with van der Waals surface area (Å²) < 4.78 is 0.980. The molecule has 0 saturated carbocycles. The average molecular weight is 464 g/mol. The molecule has 3 aromatic carbocycles. The first kappa shape index (κ1) is 22.5. The Morgan fingerprint density at radius 2 is 1.56 bits per heavy atom. The van der Waals surface area contributed by atoms with E-state index >= 15 is 0 Å². The molecule has 0 fully saturated rings. The molecule has 0 N–H and O–H groups in total. The number of amides is 1. The lowest BCUT2D eigenvalue weighted by atomic mass is 9.90. The number of halogens is 1. The zero-order valence-corrected chi connectivity index (χ0v) is 19.8. The number of hydrogen-bond acceptors (Lipinski definition) is 4. The van der Waals surface area contributed by atoms with E-state index in [4.69, 9.17) is 16.6 Å². The molecule has 0 unspecified atom stereocenters. The van der Waals surface area contributed by atoms with Gasteiger partial charge in [-0.3, -0.25) is 9.69 Å². The third-order valence-electron chi connectivity index (χ3n) is 5.34. The van der Waals surface area contributed by atoms with E-state index in [1.807, 2.05) is 97.9 Å². The molecular weight excluding hydrogens is 438 g/mol. The molecule has 1 amide bonds. The standard InChI is InChI=1S/C26H26ClN3OS/c1-29(2)16-9-17-30(26-28-22-15-14-21(27)18-23(22)32-26)25(31)24(19-10-5-3-6-11-19)20-12-7-4-8-13-20/h3-8,10-15,18,24H,9,16-17H2,1-2H3. The number of carbonyl (C=O) groups excluding carboxylic acids is 1. The molecule has 164 valence electrons. The minimum Gasteiger partial charge on any atom is -0.309 e. The molecule has 0 aliphatic carbocycles. The van der Waals surface area contributed by atoms with Crippen molar-refractivity contribution in [2.45, 2.75) is 12.3 Å². The maximum absolute atomic E-state index is 14.1. The highest BCUT2D eigenvalue weighted by atomic mass is 35.5. The van der Waals surface area contributed by atoms with E-state index < -0.39 is 5.92 Å². The van der Waals surface area contributed by atoms with Crippen LogP contribution in [0.3, 0.4) is 0 Å². The van der Waals surface area contributed by atoms with E-state index in [0.717, 1.165) is 34.3 Å². The number of rotatable bonds is 8. The molecule has 0 aliphatic rings. The van der Waals surface area contributed by atoms with Gasteiger partial charge in [-0.1, -0.05) is 83.6 Å². The molecule has 4 aromatic rings. The summed E-state index contributed by atoms with van der Waals surface area (Å²) in [6.07, 6.45) is 0.853. The summed E-state index contributed by atoms with van der Waals surface area (Å²) in [6.45, 7) is 1.49. The number of benzene rings is 3. The largest absolute Gasteiger partial charge is 0.309 e. The summed E-state index contributed by atoms with van der Waals surface area (Å²) in [5, 5.41) is 1.38. The fraction of sp³-hybridized carbons (Fsp3) is 0.231. The van der Waals surface area contributed by atoms with Gasteiger partial charge in [0.2, 0.25) is 5.91 Å². The third kappa shape index (κ3) is 5.18. The van der Waals surface area contributed by atoms with Crippen molar-refractivity contribution in [2.75, 3.05) is 32.1 Å². The van der Waals surface area contributed by atoms with Crippen LogP contribution in [-0.4, -0.2) is 43.0 Å². The molecule has 0 bridgehead atoms. The minimum absolute atomic E-state index is 0.0336. The maximum Gasteiger partial charge on any atom is 0.240 e. The number of aromatic nitrogens is 1. The molecule has 4 rings (SSSR count). The summed E-state index contributed by atoms with van der Waals surface area (Å²) in [4.78, 5) is 22.9. The highest BCUT2D eigenvalue weighted by molar-refractivity contribution is 7.22. The van der Waals surface area contributed by atoms with Gasteiger partial charge in [0.1, 0.15) is 0 Å². The van der Waals surface area contributed by atoms with Gasteiger partial charge in [0.05, 0.1) is 16.1 Å². The lowest BCUT2D eigenvalue weighted by Gasteiger charge is -2.26. The average Bonchev–Trinajstić information content (AvgIpc) is 3.21. The fourth-order valence-corrected chi connectivity index (χ4v) is 5.04. The van der Waals surface area contributed by atoms with E-state index in [-0.39, 0.29) is 5.91 Å². The first-order valence-corrected chi connectivity index (χ1v) is 11.8. The highest BCUT2D eigenvalue weighted by Gasteiger charge is 2.30. The van der Waals surface area contributed by atoms with Gasteiger partial charge in [0, 0.05) is 11.6 Å². The Morgan fingerprint density at radius 3 is 2.16 bits per heavy atom. The van der Waals surface area contributed by atoms with Crippen molar-refractivity contribution in [3.8, 4) is 0 Å². The minimum atomic E-state index is -0.396. The van der Waals surface area contributed by atoms with Gasteiger partial charge in [-0.05, 0) is 56.4 Å². The van der Waals surface area contributed by atoms with Crippen molar-refractivity contribution >= 4 is 44.2 Å². The Bertz CT molecular complexity index is 1140. The summed E-state index contributed by atoms with van der Waals surface area (Å²) in [5.74, 6) is -0.362. The molecule has 0 atom stereocenters. The summed E-state index contributed by atoms with van der Waals surface area (Å²) in [7, 11) is 4.09. The van der Waals surface area contributed by atoms with Crippen LogP contribution in [0.15, 0.2) is 78.9 Å². The summed E-state index contributed by atoms with van der Waals surface area (Å²) >= 11 is 7.70. The molecule has 1 aromatic heterocycles. The Balaban J connectivity index is 1.75. The van der Waals surface area contributed by atoms with Crippen molar-refractivity contribution < 1.29 is 4.79 Å². The SMILES string of the molecule is CN(C)CCCN(C(=O)C(c1ccccc1)c1ccccc1)c1nc2ccc(Cl)cc2s1. The van der Waals surface area contributed by atoms with E-state index in [1.54, 1.807) is 0 Å². The fourth-order valence-electron chi connectivity index (χ4n) is 3.77. The molecule has 32 heavy (non-hydrogen) atoms. The third-order valence-corrected chi connectivity index (χ3v) is 6.61. The smallest absolute Gasteiger partial charge is 0.240 e. The van der Waals surface area contributed by atoms with Crippen LogP contribution in [-0.2, 0) is 4.79 Å². The number of hydrogen-bond donors (Lipinski definition) is 0. The Labute approximate surface area is 198 Å². The second kappa shape index (κ2) is 10.3.